The Labute approximate surface area is 264 Å². The van der Waals surface area contributed by atoms with Crippen molar-refractivity contribution in [1.82, 2.24) is 24.8 Å². The highest BCUT2D eigenvalue weighted by molar-refractivity contribution is 6.30. The second kappa shape index (κ2) is 11.5. The molecule has 2 bridgehead atoms. The molecule has 3 saturated heterocycles. The predicted octanol–water partition coefficient (Wildman–Crippen LogP) is 5.30. The number of piperazine rings is 1. The minimum atomic E-state index is -0.520. The van der Waals surface area contributed by atoms with Crippen LogP contribution in [-0.2, 0) is 17.7 Å². The molecule has 0 saturated carbocycles. The van der Waals surface area contributed by atoms with Gasteiger partial charge in [-0.15, -0.1) is 0 Å². The van der Waals surface area contributed by atoms with Crippen LogP contribution in [0, 0.1) is 0 Å². The van der Waals surface area contributed by atoms with Gasteiger partial charge in [-0.1, -0.05) is 35.9 Å². The number of hydrogen-bond donors (Lipinski definition) is 0. The van der Waals surface area contributed by atoms with Crippen molar-refractivity contribution in [1.29, 1.82) is 0 Å². The summed E-state index contributed by atoms with van der Waals surface area (Å²) in [4.78, 5) is 36.9. The van der Waals surface area contributed by atoms with Crippen molar-refractivity contribution in [2.45, 2.75) is 83.1 Å². The first-order valence-corrected chi connectivity index (χ1v) is 16.3. The maximum Gasteiger partial charge on any atom is 0.410 e. The lowest BCUT2D eigenvalue weighted by Gasteiger charge is -2.43. The molecule has 3 atom stereocenters. The summed E-state index contributed by atoms with van der Waals surface area (Å²) in [5.74, 6) is 1.81. The highest BCUT2D eigenvalue weighted by Crippen LogP contribution is 2.38. The summed E-state index contributed by atoms with van der Waals surface area (Å²) in [6.45, 7) is 10.2. The SMILES string of the molecule is CN1CCC[C@H]1COc1nc2c(c(N3CC4CCC(C3)N4C(=O)OC(C)(C)C)n1)CCN(c1nc(Cl)cc3ccccc13)C2. The van der Waals surface area contributed by atoms with Crippen LogP contribution in [0.15, 0.2) is 30.3 Å². The quantitative estimate of drug-likeness (QED) is 0.353. The number of hydrogen-bond acceptors (Lipinski definition) is 9. The maximum atomic E-state index is 13.1. The van der Waals surface area contributed by atoms with Crippen LogP contribution in [0.1, 0.15) is 57.7 Å². The number of rotatable bonds is 5. The number of likely N-dealkylation sites (tertiary alicyclic amines) is 1. The molecule has 4 aliphatic rings. The molecule has 10 nitrogen and oxygen atoms in total. The predicted molar refractivity (Wildman–Crippen MR) is 172 cm³/mol. The Balaban J connectivity index is 1.19. The van der Waals surface area contributed by atoms with Gasteiger partial charge in [0.15, 0.2) is 0 Å². The number of carbonyl (C=O) groups excluding carboxylic acids is 1. The van der Waals surface area contributed by atoms with E-state index in [0.29, 0.717) is 43.4 Å². The molecule has 3 aromatic rings. The summed E-state index contributed by atoms with van der Waals surface area (Å²) in [5.41, 5.74) is 1.60. The molecule has 0 spiro atoms. The Morgan fingerprint density at radius 3 is 2.50 bits per heavy atom. The average molecular weight is 620 g/mol. The van der Waals surface area contributed by atoms with Gasteiger partial charge in [-0.05, 0) is 77.9 Å². The third-order valence-electron chi connectivity index (χ3n) is 9.47. The molecule has 1 aromatic carbocycles. The van der Waals surface area contributed by atoms with Crippen LogP contribution in [-0.4, -0.2) is 94.4 Å². The number of pyridine rings is 1. The number of halogens is 1. The number of likely N-dealkylation sites (N-methyl/N-ethyl adjacent to an activating group) is 1. The van der Waals surface area contributed by atoms with Crippen molar-refractivity contribution >= 4 is 40.1 Å². The van der Waals surface area contributed by atoms with E-state index < -0.39 is 5.60 Å². The highest BCUT2D eigenvalue weighted by Gasteiger charge is 2.45. The number of ether oxygens (including phenoxy) is 2. The van der Waals surface area contributed by atoms with Gasteiger partial charge in [-0.3, -0.25) is 4.90 Å². The first-order chi connectivity index (χ1) is 21.1. The first-order valence-electron chi connectivity index (χ1n) is 15.9. The number of aromatic nitrogens is 3. The Kier molecular flexibility index (Phi) is 7.69. The van der Waals surface area contributed by atoms with E-state index in [-0.39, 0.29) is 18.2 Å². The van der Waals surface area contributed by atoms with E-state index in [1.807, 2.05) is 43.9 Å². The van der Waals surface area contributed by atoms with E-state index in [4.69, 9.17) is 36.0 Å². The minimum absolute atomic E-state index is 0.0906. The molecule has 3 fully saturated rings. The third kappa shape index (κ3) is 5.74. The molecule has 2 aromatic heterocycles. The van der Waals surface area contributed by atoms with Crippen molar-refractivity contribution in [2.24, 2.45) is 0 Å². The number of benzene rings is 1. The number of nitrogens with zero attached hydrogens (tertiary/aromatic N) is 7. The average Bonchev–Trinajstić information content (AvgIpc) is 3.52. The number of anilines is 2. The monoisotopic (exact) mass is 619 g/mol. The lowest BCUT2D eigenvalue weighted by molar-refractivity contribution is 0.0122. The standard InChI is InChI=1S/C33H42ClN7O3/c1-33(2,3)44-32(42)41-22-11-12-23(41)18-40(17-22)30-26-13-15-39(29-25-10-6-5-8-21(25)16-28(34)36-29)19-27(26)35-31(37-30)43-20-24-9-7-14-38(24)4/h5-6,8,10,16,22-24H,7,9,11-15,17-20H2,1-4H3/t22?,23?,24-/m0/s1. The van der Waals surface area contributed by atoms with E-state index in [9.17, 15) is 4.79 Å². The van der Waals surface area contributed by atoms with Crippen LogP contribution in [0.2, 0.25) is 5.15 Å². The van der Waals surface area contributed by atoms with E-state index in [2.05, 4.69) is 33.9 Å². The smallest absolute Gasteiger partial charge is 0.410 e. The molecule has 0 aliphatic carbocycles. The summed E-state index contributed by atoms with van der Waals surface area (Å²) in [7, 11) is 2.15. The Morgan fingerprint density at radius 2 is 1.77 bits per heavy atom. The zero-order valence-electron chi connectivity index (χ0n) is 26.1. The van der Waals surface area contributed by atoms with Gasteiger partial charge in [0.05, 0.1) is 24.3 Å². The number of fused-ring (bicyclic) bond motifs is 4. The lowest BCUT2D eigenvalue weighted by atomic mass is 10.0. The van der Waals surface area contributed by atoms with Gasteiger partial charge in [0.25, 0.3) is 0 Å². The summed E-state index contributed by atoms with van der Waals surface area (Å²) in [6.07, 6.45) is 4.79. The van der Waals surface area contributed by atoms with Crippen LogP contribution in [0.3, 0.4) is 0 Å². The second-order valence-electron chi connectivity index (χ2n) is 13.7. The fraction of sp³-hybridized carbons (Fsp3) is 0.576. The van der Waals surface area contributed by atoms with Crippen molar-refractivity contribution in [3.63, 3.8) is 0 Å². The van der Waals surface area contributed by atoms with E-state index >= 15 is 0 Å². The maximum absolute atomic E-state index is 13.1. The van der Waals surface area contributed by atoms with E-state index in [0.717, 1.165) is 72.4 Å². The Hall–Kier alpha value is -3.37. The molecule has 11 heteroatoms. The largest absolute Gasteiger partial charge is 0.462 e. The molecule has 0 N–H and O–H groups in total. The van der Waals surface area contributed by atoms with E-state index in [1.54, 1.807) is 0 Å². The molecular weight excluding hydrogens is 578 g/mol. The lowest BCUT2D eigenvalue weighted by Crippen LogP contribution is -2.57. The van der Waals surface area contributed by atoms with Gasteiger partial charge in [0.2, 0.25) is 0 Å². The molecule has 7 rings (SSSR count). The topological polar surface area (TPSA) is 87.2 Å². The van der Waals surface area contributed by atoms with Gasteiger partial charge in [0.1, 0.15) is 29.0 Å². The van der Waals surface area contributed by atoms with Crippen LogP contribution < -0.4 is 14.5 Å². The molecule has 44 heavy (non-hydrogen) atoms. The van der Waals surface area contributed by atoms with Crippen molar-refractivity contribution in [3.05, 3.63) is 46.7 Å². The van der Waals surface area contributed by atoms with Crippen LogP contribution in [0.5, 0.6) is 6.01 Å². The van der Waals surface area contributed by atoms with Crippen molar-refractivity contribution in [2.75, 3.05) is 49.6 Å². The van der Waals surface area contributed by atoms with Gasteiger partial charge < -0.3 is 24.2 Å². The number of amides is 1. The summed E-state index contributed by atoms with van der Waals surface area (Å²) >= 11 is 6.48. The van der Waals surface area contributed by atoms with Crippen LogP contribution in [0.4, 0.5) is 16.4 Å². The van der Waals surface area contributed by atoms with Gasteiger partial charge in [-0.25, -0.2) is 9.78 Å². The fourth-order valence-corrected chi connectivity index (χ4v) is 7.53. The molecule has 4 aliphatic heterocycles. The van der Waals surface area contributed by atoms with Crippen molar-refractivity contribution < 1.29 is 14.3 Å². The summed E-state index contributed by atoms with van der Waals surface area (Å²) in [6, 6.07) is 11.1. The normalized spacial score (nSPS) is 23.8. The first kappa shape index (κ1) is 29.3. The van der Waals surface area contributed by atoms with Gasteiger partial charge >= 0.3 is 12.1 Å². The summed E-state index contributed by atoms with van der Waals surface area (Å²) in [5, 5.41) is 2.63. The van der Waals surface area contributed by atoms with Crippen LogP contribution in [0.25, 0.3) is 10.8 Å². The van der Waals surface area contributed by atoms with Gasteiger partial charge in [-0.2, -0.15) is 9.97 Å². The van der Waals surface area contributed by atoms with E-state index in [1.165, 1.54) is 6.42 Å². The Morgan fingerprint density at radius 1 is 1.00 bits per heavy atom. The third-order valence-corrected chi connectivity index (χ3v) is 9.67. The van der Waals surface area contributed by atoms with Crippen LogP contribution >= 0.6 is 11.6 Å². The molecule has 6 heterocycles. The zero-order valence-corrected chi connectivity index (χ0v) is 26.9. The van der Waals surface area contributed by atoms with Crippen molar-refractivity contribution in [3.8, 4) is 6.01 Å². The van der Waals surface area contributed by atoms with Gasteiger partial charge in [0, 0.05) is 36.6 Å². The molecule has 234 valence electrons. The highest BCUT2D eigenvalue weighted by atomic mass is 35.5. The zero-order chi connectivity index (χ0) is 30.6. The molecular formula is C33H42ClN7O3. The molecule has 1 amide bonds. The summed E-state index contributed by atoms with van der Waals surface area (Å²) < 4.78 is 12.1. The fourth-order valence-electron chi connectivity index (χ4n) is 7.33. The molecule has 0 radical (unpaired) electrons. The number of carbonyl (C=O) groups is 1. The second-order valence-corrected chi connectivity index (χ2v) is 14.1. The Bertz CT molecular complexity index is 1550. The molecule has 2 unspecified atom stereocenters. The minimum Gasteiger partial charge on any atom is -0.462 e.